The summed E-state index contributed by atoms with van der Waals surface area (Å²) in [6.45, 7) is 3.57. The van der Waals surface area contributed by atoms with Crippen molar-refractivity contribution in [3.8, 4) is 0 Å². The van der Waals surface area contributed by atoms with Crippen LogP contribution in [0.3, 0.4) is 0 Å². The highest BCUT2D eigenvalue weighted by molar-refractivity contribution is 9.12. The molecule has 1 fully saturated rings. The van der Waals surface area contributed by atoms with Gasteiger partial charge in [-0.1, -0.05) is 6.92 Å². The Morgan fingerprint density at radius 3 is 2.89 bits per heavy atom. The Labute approximate surface area is 128 Å². The highest BCUT2D eigenvalue weighted by atomic mass is 79.9. The number of likely N-dealkylation sites (tertiary alicyclic amines) is 1. The van der Waals surface area contributed by atoms with E-state index in [4.69, 9.17) is 5.73 Å². The monoisotopic (exact) mass is 394 g/mol. The van der Waals surface area contributed by atoms with Crippen LogP contribution in [0.1, 0.15) is 30.1 Å². The molecule has 100 valence electrons. The minimum Gasteiger partial charge on any atom is -0.334 e. The van der Waals surface area contributed by atoms with Crippen molar-refractivity contribution in [1.82, 2.24) is 4.90 Å². The molecule has 0 saturated carbocycles. The maximum atomic E-state index is 12.5. The van der Waals surface area contributed by atoms with Gasteiger partial charge in [0, 0.05) is 19.1 Å². The van der Waals surface area contributed by atoms with Crippen LogP contribution in [0.4, 0.5) is 0 Å². The summed E-state index contributed by atoms with van der Waals surface area (Å²) in [5, 5.41) is 0. The van der Waals surface area contributed by atoms with Crippen molar-refractivity contribution in [2.75, 3.05) is 13.1 Å². The van der Waals surface area contributed by atoms with E-state index in [0.717, 1.165) is 32.5 Å². The number of thiophene rings is 1. The summed E-state index contributed by atoms with van der Waals surface area (Å²) < 4.78 is 1.85. The molecule has 0 spiro atoms. The summed E-state index contributed by atoms with van der Waals surface area (Å²) in [7, 11) is 0. The van der Waals surface area contributed by atoms with E-state index in [0.29, 0.717) is 12.5 Å². The predicted octanol–water partition coefficient (Wildman–Crippen LogP) is 3.47. The average molecular weight is 396 g/mol. The van der Waals surface area contributed by atoms with Crippen molar-refractivity contribution in [2.24, 2.45) is 11.7 Å². The molecule has 2 N–H and O–H groups in total. The molecular formula is C12H16Br2N2OS. The number of carbonyl (C=O) groups excluding carboxylic acids is 1. The largest absolute Gasteiger partial charge is 0.334 e. The second-order valence-electron chi connectivity index (χ2n) is 4.76. The lowest BCUT2D eigenvalue weighted by Gasteiger charge is -2.38. The number of amides is 1. The van der Waals surface area contributed by atoms with Gasteiger partial charge in [0.25, 0.3) is 5.91 Å². The lowest BCUT2D eigenvalue weighted by molar-refractivity contribution is 0.0573. The summed E-state index contributed by atoms with van der Waals surface area (Å²) >= 11 is 8.38. The molecule has 3 nitrogen and oxygen atoms in total. The minimum atomic E-state index is 0.0891. The second kappa shape index (κ2) is 6.03. The van der Waals surface area contributed by atoms with Gasteiger partial charge in [-0.25, -0.2) is 0 Å². The molecular weight excluding hydrogens is 380 g/mol. The maximum Gasteiger partial charge on any atom is 0.256 e. The maximum absolute atomic E-state index is 12.5. The number of hydrogen-bond acceptors (Lipinski definition) is 3. The molecule has 0 radical (unpaired) electrons. The predicted molar refractivity (Wildman–Crippen MR) is 82.0 cm³/mol. The van der Waals surface area contributed by atoms with E-state index in [1.165, 1.54) is 11.3 Å². The molecule has 1 aromatic heterocycles. The Morgan fingerprint density at radius 2 is 2.33 bits per heavy atom. The zero-order valence-electron chi connectivity index (χ0n) is 10.2. The smallest absolute Gasteiger partial charge is 0.256 e. The van der Waals surface area contributed by atoms with E-state index >= 15 is 0 Å². The van der Waals surface area contributed by atoms with Gasteiger partial charge in [-0.2, -0.15) is 0 Å². The molecule has 2 rings (SSSR count). The summed E-state index contributed by atoms with van der Waals surface area (Å²) in [5.41, 5.74) is 6.54. The Kier molecular flexibility index (Phi) is 4.86. The summed E-state index contributed by atoms with van der Waals surface area (Å²) in [4.78, 5) is 14.5. The van der Waals surface area contributed by atoms with Gasteiger partial charge in [0.2, 0.25) is 0 Å². The van der Waals surface area contributed by atoms with Crippen molar-refractivity contribution in [3.05, 3.63) is 19.2 Å². The van der Waals surface area contributed by atoms with Crippen molar-refractivity contribution >= 4 is 49.1 Å². The first-order chi connectivity index (χ1) is 8.52. The topological polar surface area (TPSA) is 46.3 Å². The first kappa shape index (κ1) is 14.5. The summed E-state index contributed by atoms with van der Waals surface area (Å²) in [5.74, 6) is 0.742. The van der Waals surface area contributed by atoms with Crippen LogP contribution in [0.25, 0.3) is 0 Å². The van der Waals surface area contributed by atoms with Gasteiger partial charge in [-0.05, 0) is 56.7 Å². The standard InChI is InChI=1S/C12H16Br2N2OS/c1-7-2-3-16(8(4-7)6-15)12(17)9-5-10(13)18-11(9)14/h5,7-8H,2-4,6,15H2,1H3. The normalized spacial score (nSPS) is 24.3. The molecule has 2 unspecified atom stereocenters. The van der Waals surface area contributed by atoms with Gasteiger partial charge >= 0.3 is 0 Å². The Balaban J connectivity index is 2.20. The van der Waals surface area contributed by atoms with Gasteiger partial charge in [0.05, 0.1) is 13.1 Å². The average Bonchev–Trinajstić information content (AvgIpc) is 2.67. The number of carbonyl (C=O) groups is 1. The van der Waals surface area contributed by atoms with Crippen LogP contribution >= 0.6 is 43.2 Å². The molecule has 18 heavy (non-hydrogen) atoms. The lowest BCUT2D eigenvalue weighted by atomic mass is 9.92. The zero-order chi connectivity index (χ0) is 13.3. The van der Waals surface area contributed by atoms with Crippen molar-refractivity contribution in [2.45, 2.75) is 25.8 Å². The van der Waals surface area contributed by atoms with Crippen LogP contribution in [-0.4, -0.2) is 29.9 Å². The molecule has 1 aromatic rings. The van der Waals surface area contributed by atoms with Gasteiger partial charge < -0.3 is 10.6 Å². The SMILES string of the molecule is CC1CCN(C(=O)c2cc(Br)sc2Br)C(CN)C1. The number of rotatable bonds is 2. The van der Waals surface area contributed by atoms with Crippen LogP contribution in [0.15, 0.2) is 13.6 Å². The molecule has 1 aliphatic heterocycles. The molecule has 6 heteroatoms. The van der Waals surface area contributed by atoms with E-state index in [1.807, 2.05) is 11.0 Å². The molecule has 2 atom stereocenters. The van der Waals surface area contributed by atoms with E-state index in [1.54, 1.807) is 0 Å². The van der Waals surface area contributed by atoms with E-state index in [9.17, 15) is 4.79 Å². The van der Waals surface area contributed by atoms with E-state index < -0.39 is 0 Å². The molecule has 1 amide bonds. The molecule has 1 aliphatic rings. The van der Waals surface area contributed by atoms with Gasteiger partial charge in [-0.3, -0.25) is 4.79 Å². The first-order valence-electron chi connectivity index (χ1n) is 5.98. The molecule has 1 saturated heterocycles. The molecule has 0 aromatic carbocycles. The number of nitrogens with two attached hydrogens (primary N) is 1. The lowest BCUT2D eigenvalue weighted by Crippen LogP contribution is -2.49. The third kappa shape index (κ3) is 2.98. The molecule has 2 heterocycles. The van der Waals surface area contributed by atoms with Crippen LogP contribution in [0, 0.1) is 5.92 Å². The number of piperidine rings is 1. The van der Waals surface area contributed by atoms with E-state index in [-0.39, 0.29) is 11.9 Å². The Morgan fingerprint density at radius 1 is 1.61 bits per heavy atom. The third-order valence-electron chi connectivity index (χ3n) is 3.40. The minimum absolute atomic E-state index is 0.0891. The van der Waals surface area contributed by atoms with Crippen molar-refractivity contribution in [1.29, 1.82) is 0 Å². The number of nitrogens with zero attached hydrogens (tertiary/aromatic N) is 1. The fourth-order valence-electron chi connectivity index (χ4n) is 2.38. The highest BCUT2D eigenvalue weighted by Crippen LogP contribution is 2.34. The number of halogens is 2. The van der Waals surface area contributed by atoms with Crippen molar-refractivity contribution in [3.63, 3.8) is 0 Å². The molecule has 0 bridgehead atoms. The number of hydrogen-bond donors (Lipinski definition) is 1. The Bertz CT molecular complexity index is 449. The van der Waals surface area contributed by atoms with Gasteiger partial charge in [0.1, 0.15) is 0 Å². The summed E-state index contributed by atoms with van der Waals surface area (Å²) in [6.07, 6.45) is 2.07. The van der Waals surface area contributed by atoms with Gasteiger partial charge in [-0.15, -0.1) is 11.3 Å². The zero-order valence-corrected chi connectivity index (χ0v) is 14.1. The fourth-order valence-corrected chi connectivity index (χ4v) is 5.16. The first-order valence-corrected chi connectivity index (χ1v) is 8.39. The third-order valence-corrected chi connectivity index (χ3v) is 5.74. The summed E-state index contributed by atoms with van der Waals surface area (Å²) in [6, 6.07) is 2.05. The van der Waals surface area contributed by atoms with Crippen LogP contribution in [0.5, 0.6) is 0 Å². The Hall–Kier alpha value is 0.0900. The molecule has 0 aliphatic carbocycles. The van der Waals surface area contributed by atoms with Crippen LogP contribution in [0.2, 0.25) is 0 Å². The highest BCUT2D eigenvalue weighted by Gasteiger charge is 2.30. The van der Waals surface area contributed by atoms with E-state index in [2.05, 4.69) is 38.8 Å². The second-order valence-corrected chi connectivity index (χ2v) is 8.50. The van der Waals surface area contributed by atoms with Crippen molar-refractivity contribution < 1.29 is 4.79 Å². The quantitative estimate of drug-likeness (QED) is 0.833. The van der Waals surface area contributed by atoms with Gasteiger partial charge in [0.15, 0.2) is 0 Å². The van der Waals surface area contributed by atoms with Crippen LogP contribution in [-0.2, 0) is 0 Å². The fraction of sp³-hybridized carbons (Fsp3) is 0.583. The van der Waals surface area contributed by atoms with Crippen LogP contribution < -0.4 is 5.73 Å².